The first-order valence-electron chi connectivity index (χ1n) is 7.74. The summed E-state index contributed by atoms with van der Waals surface area (Å²) in [7, 11) is 0. The van der Waals surface area contributed by atoms with E-state index in [0.717, 1.165) is 24.3 Å². The molecule has 0 radical (unpaired) electrons. The van der Waals surface area contributed by atoms with E-state index in [1.54, 1.807) is 12.1 Å². The highest BCUT2D eigenvalue weighted by atomic mass is 79.9. The normalized spacial score (nSPS) is 19.5. The van der Waals surface area contributed by atoms with Crippen LogP contribution < -0.4 is 0 Å². The van der Waals surface area contributed by atoms with Crippen LogP contribution >= 0.6 is 15.9 Å². The highest BCUT2D eigenvalue weighted by Gasteiger charge is 2.63. The Labute approximate surface area is 164 Å². The number of nitro benzene ring substituents is 1. The van der Waals surface area contributed by atoms with Gasteiger partial charge in [-0.25, -0.2) is 0 Å². The Morgan fingerprint density at radius 3 is 2.46 bits per heavy atom. The number of amides is 1. The Balaban J connectivity index is 2.05. The number of hydrazone groups is 1. The largest absolute Gasteiger partial charge is 0.438 e. The first-order valence-corrected chi connectivity index (χ1v) is 8.54. The number of aliphatic hydroxyl groups is 1. The quantitative estimate of drug-likeness (QED) is 0.558. The van der Waals surface area contributed by atoms with Gasteiger partial charge in [-0.05, 0) is 23.8 Å². The number of hydrogen-bond acceptors (Lipinski definition) is 5. The zero-order chi connectivity index (χ0) is 20.7. The van der Waals surface area contributed by atoms with Crippen molar-refractivity contribution in [1.82, 2.24) is 5.01 Å². The Kier molecular flexibility index (Phi) is 4.98. The number of nitrogens with zero attached hydrogens (tertiary/aromatic N) is 3. The van der Waals surface area contributed by atoms with E-state index in [0.29, 0.717) is 10.0 Å². The van der Waals surface area contributed by atoms with Crippen molar-refractivity contribution < 1.29 is 28.0 Å². The van der Waals surface area contributed by atoms with Gasteiger partial charge in [-0.3, -0.25) is 14.9 Å². The third-order valence-electron chi connectivity index (χ3n) is 4.11. The summed E-state index contributed by atoms with van der Waals surface area (Å²) < 4.78 is 41.5. The van der Waals surface area contributed by atoms with Gasteiger partial charge in [0.2, 0.25) is 0 Å². The van der Waals surface area contributed by atoms with Crippen molar-refractivity contribution in [3.05, 3.63) is 74.2 Å². The van der Waals surface area contributed by atoms with Crippen LogP contribution in [0.2, 0.25) is 0 Å². The van der Waals surface area contributed by atoms with E-state index < -0.39 is 40.4 Å². The number of carbonyl (C=O) groups is 1. The summed E-state index contributed by atoms with van der Waals surface area (Å²) in [5.74, 6) is -1.31. The summed E-state index contributed by atoms with van der Waals surface area (Å²) in [6.07, 6.45) is -6.18. The molecule has 0 bridgehead atoms. The predicted molar refractivity (Wildman–Crippen MR) is 95.6 cm³/mol. The molecular weight excluding hydrogens is 447 g/mol. The average molecular weight is 458 g/mol. The van der Waals surface area contributed by atoms with Gasteiger partial charge in [0.15, 0.2) is 0 Å². The lowest BCUT2D eigenvalue weighted by Gasteiger charge is -2.32. The molecule has 11 heteroatoms. The fraction of sp³-hybridized carbons (Fsp3) is 0.176. The molecule has 146 valence electrons. The third-order valence-corrected chi connectivity index (χ3v) is 4.64. The summed E-state index contributed by atoms with van der Waals surface area (Å²) in [6.45, 7) is 0. The van der Waals surface area contributed by atoms with Crippen LogP contribution in [0.15, 0.2) is 58.1 Å². The summed E-state index contributed by atoms with van der Waals surface area (Å²) in [4.78, 5) is 22.7. The number of nitro groups is 1. The van der Waals surface area contributed by atoms with Crippen LogP contribution in [0.1, 0.15) is 22.3 Å². The summed E-state index contributed by atoms with van der Waals surface area (Å²) in [6, 6.07) is 10.3. The van der Waals surface area contributed by atoms with E-state index in [2.05, 4.69) is 21.0 Å². The molecule has 1 atom stereocenters. The van der Waals surface area contributed by atoms with Gasteiger partial charge >= 0.3 is 6.18 Å². The molecule has 28 heavy (non-hydrogen) atoms. The molecule has 1 N–H and O–H groups in total. The fourth-order valence-corrected chi connectivity index (χ4v) is 2.92. The first-order chi connectivity index (χ1) is 13.0. The molecule has 0 saturated heterocycles. The Hall–Kier alpha value is -2.79. The van der Waals surface area contributed by atoms with Crippen LogP contribution in [0.4, 0.5) is 18.9 Å². The van der Waals surface area contributed by atoms with Gasteiger partial charge in [-0.1, -0.05) is 34.1 Å². The molecule has 0 aliphatic carbocycles. The van der Waals surface area contributed by atoms with Crippen LogP contribution in [0.3, 0.4) is 0 Å². The van der Waals surface area contributed by atoms with E-state index >= 15 is 0 Å². The summed E-state index contributed by atoms with van der Waals surface area (Å²) >= 11 is 3.20. The van der Waals surface area contributed by atoms with E-state index in [4.69, 9.17) is 0 Å². The zero-order valence-electron chi connectivity index (χ0n) is 13.9. The van der Waals surface area contributed by atoms with E-state index in [1.807, 2.05) is 0 Å². The second-order valence-corrected chi connectivity index (χ2v) is 6.88. The van der Waals surface area contributed by atoms with Gasteiger partial charge in [0.1, 0.15) is 0 Å². The number of halogens is 4. The number of carbonyl (C=O) groups excluding carboxylic acids is 1. The van der Waals surface area contributed by atoms with Gasteiger partial charge in [-0.2, -0.15) is 23.3 Å². The van der Waals surface area contributed by atoms with E-state index in [9.17, 15) is 33.2 Å². The maximum atomic E-state index is 13.6. The highest BCUT2D eigenvalue weighted by Crippen LogP contribution is 2.42. The van der Waals surface area contributed by atoms with Crippen molar-refractivity contribution in [3.8, 4) is 0 Å². The Bertz CT molecular complexity index is 978. The van der Waals surface area contributed by atoms with Crippen LogP contribution in [0.5, 0.6) is 0 Å². The van der Waals surface area contributed by atoms with Crippen molar-refractivity contribution >= 4 is 33.2 Å². The Morgan fingerprint density at radius 2 is 1.89 bits per heavy atom. The molecule has 2 aromatic rings. The van der Waals surface area contributed by atoms with Crippen molar-refractivity contribution in [3.63, 3.8) is 0 Å². The molecular formula is C17H11BrF3N3O4. The Morgan fingerprint density at radius 1 is 1.25 bits per heavy atom. The van der Waals surface area contributed by atoms with Gasteiger partial charge in [-0.15, -0.1) is 0 Å². The van der Waals surface area contributed by atoms with E-state index in [-0.39, 0.29) is 10.7 Å². The van der Waals surface area contributed by atoms with Crippen molar-refractivity contribution in [2.75, 3.05) is 0 Å². The van der Waals surface area contributed by atoms with Crippen LogP contribution in [0, 0.1) is 10.1 Å². The lowest BCUT2D eigenvalue weighted by Crippen LogP contribution is -2.56. The number of rotatable bonds is 3. The van der Waals surface area contributed by atoms with Gasteiger partial charge in [0.05, 0.1) is 17.1 Å². The monoisotopic (exact) mass is 457 g/mol. The zero-order valence-corrected chi connectivity index (χ0v) is 15.4. The molecule has 1 aliphatic rings. The SMILES string of the molecule is O=C(c1cccc([N+](=O)[O-])c1)N1N=C(c2ccc(Br)cc2)C[C@@]1(O)C(F)(F)F. The summed E-state index contributed by atoms with van der Waals surface area (Å²) in [5, 5.41) is 24.8. The molecule has 3 rings (SSSR count). The van der Waals surface area contributed by atoms with Gasteiger partial charge < -0.3 is 5.11 Å². The molecule has 0 saturated carbocycles. The third kappa shape index (κ3) is 3.50. The predicted octanol–water partition coefficient (Wildman–Crippen LogP) is 3.86. The number of hydrogen-bond donors (Lipinski definition) is 1. The standard InChI is InChI=1S/C17H11BrF3N3O4/c18-12-6-4-10(5-7-12)14-9-16(26,17(19,20)21)23(22-14)15(25)11-2-1-3-13(8-11)24(27)28/h1-8,26H,9H2/t16-/m1/s1. The molecule has 1 heterocycles. The molecule has 0 unspecified atom stereocenters. The summed E-state index contributed by atoms with van der Waals surface area (Å²) in [5.41, 5.74) is -4.31. The molecule has 0 fully saturated rings. The molecule has 0 aromatic heterocycles. The van der Waals surface area contributed by atoms with Crippen molar-refractivity contribution in [2.45, 2.75) is 18.3 Å². The minimum absolute atomic E-state index is 0.0660. The number of benzene rings is 2. The van der Waals surface area contributed by atoms with Gasteiger partial charge in [0, 0.05) is 22.2 Å². The van der Waals surface area contributed by atoms with Crippen LogP contribution in [-0.2, 0) is 0 Å². The van der Waals surface area contributed by atoms with Crippen molar-refractivity contribution in [2.24, 2.45) is 5.10 Å². The smallest absolute Gasteiger partial charge is 0.362 e. The maximum absolute atomic E-state index is 13.6. The molecule has 2 aromatic carbocycles. The van der Waals surface area contributed by atoms with Crippen LogP contribution in [-0.4, -0.2) is 38.6 Å². The second-order valence-electron chi connectivity index (χ2n) is 5.97. The topological polar surface area (TPSA) is 96.0 Å². The highest BCUT2D eigenvalue weighted by molar-refractivity contribution is 9.10. The minimum atomic E-state index is -5.20. The first kappa shape index (κ1) is 20.0. The maximum Gasteiger partial charge on any atom is 0.438 e. The molecule has 1 amide bonds. The fourth-order valence-electron chi connectivity index (χ4n) is 2.66. The van der Waals surface area contributed by atoms with Crippen LogP contribution in [0.25, 0.3) is 0 Å². The number of non-ortho nitro benzene ring substituents is 1. The molecule has 0 spiro atoms. The molecule has 1 aliphatic heterocycles. The van der Waals surface area contributed by atoms with E-state index in [1.165, 1.54) is 12.1 Å². The lowest BCUT2D eigenvalue weighted by molar-refractivity contribution is -0.384. The van der Waals surface area contributed by atoms with Gasteiger partial charge in [0.25, 0.3) is 17.3 Å². The molecule has 7 nitrogen and oxygen atoms in total. The van der Waals surface area contributed by atoms with Crippen molar-refractivity contribution in [1.29, 1.82) is 0 Å². The minimum Gasteiger partial charge on any atom is -0.362 e. The lowest BCUT2D eigenvalue weighted by atomic mass is 10.0. The number of alkyl halides is 3. The average Bonchev–Trinajstić information content (AvgIpc) is 3.00. The second kappa shape index (κ2) is 6.99.